The molecule has 1 aromatic rings. The lowest BCUT2D eigenvalue weighted by atomic mass is 9.86. The molecule has 6 heteroatoms. The van der Waals surface area contributed by atoms with Crippen molar-refractivity contribution in [1.82, 2.24) is 9.97 Å². The van der Waals surface area contributed by atoms with E-state index in [9.17, 15) is 9.59 Å². The van der Waals surface area contributed by atoms with E-state index in [4.69, 9.17) is 5.11 Å². The van der Waals surface area contributed by atoms with E-state index in [1.165, 1.54) is 12.4 Å². The Morgan fingerprint density at radius 1 is 1.41 bits per heavy atom. The summed E-state index contributed by atoms with van der Waals surface area (Å²) in [7, 11) is 0. The van der Waals surface area contributed by atoms with E-state index in [-0.39, 0.29) is 17.5 Å². The summed E-state index contributed by atoms with van der Waals surface area (Å²) in [6.07, 6.45) is 4.30. The van der Waals surface area contributed by atoms with Gasteiger partial charge in [0.25, 0.3) is 5.56 Å². The molecule has 1 fully saturated rings. The van der Waals surface area contributed by atoms with Gasteiger partial charge in [-0.15, -0.1) is 0 Å². The van der Waals surface area contributed by atoms with Crippen LogP contribution in [-0.2, 0) is 4.79 Å². The first-order valence-corrected chi connectivity index (χ1v) is 5.69. The average molecular weight is 237 g/mol. The molecule has 0 aliphatic heterocycles. The molecule has 0 saturated heterocycles. The zero-order valence-electron chi connectivity index (χ0n) is 9.35. The summed E-state index contributed by atoms with van der Waals surface area (Å²) in [6.45, 7) is 0. The monoisotopic (exact) mass is 237 g/mol. The van der Waals surface area contributed by atoms with Crippen LogP contribution in [0.25, 0.3) is 0 Å². The van der Waals surface area contributed by atoms with Crippen molar-refractivity contribution in [2.24, 2.45) is 5.92 Å². The number of aliphatic carboxylic acids is 1. The summed E-state index contributed by atoms with van der Waals surface area (Å²) in [4.78, 5) is 28.3. The summed E-state index contributed by atoms with van der Waals surface area (Å²) in [5.41, 5.74) is -0.193. The quantitative estimate of drug-likeness (QED) is 0.723. The molecule has 0 spiro atoms. The van der Waals surface area contributed by atoms with Crippen molar-refractivity contribution in [2.45, 2.75) is 31.7 Å². The minimum absolute atomic E-state index is 0.193. The van der Waals surface area contributed by atoms with E-state index in [2.05, 4.69) is 15.3 Å². The van der Waals surface area contributed by atoms with Crippen LogP contribution in [0.1, 0.15) is 25.7 Å². The van der Waals surface area contributed by atoms with Gasteiger partial charge in [-0.1, -0.05) is 0 Å². The van der Waals surface area contributed by atoms with Gasteiger partial charge in [0.2, 0.25) is 0 Å². The van der Waals surface area contributed by atoms with Gasteiger partial charge in [-0.2, -0.15) is 0 Å². The lowest BCUT2D eigenvalue weighted by Crippen LogP contribution is -2.29. The topological polar surface area (TPSA) is 95.1 Å². The number of nitrogens with one attached hydrogen (secondary N) is 2. The number of aromatic amines is 1. The molecule has 92 valence electrons. The SMILES string of the molecule is O=C(O)C1CCC(Nc2cc(=O)[nH]cn2)CC1. The van der Waals surface area contributed by atoms with E-state index >= 15 is 0 Å². The maximum Gasteiger partial charge on any atom is 0.306 e. The summed E-state index contributed by atoms with van der Waals surface area (Å²) >= 11 is 0. The molecule has 0 aromatic carbocycles. The van der Waals surface area contributed by atoms with Crippen molar-refractivity contribution in [2.75, 3.05) is 5.32 Å². The van der Waals surface area contributed by atoms with E-state index < -0.39 is 5.97 Å². The number of nitrogens with zero attached hydrogens (tertiary/aromatic N) is 1. The second-order valence-electron chi connectivity index (χ2n) is 4.33. The molecule has 1 aromatic heterocycles. The Balaban J connectivity index is 1.90. The number of aromatic nitrogens is 2. The Morgan fingerprint density at radius 3 is 2.71 bits per heavy atom. The van der Waals surface area contributed by atoms with Crippen LogP contribution in [0, 0.1) is 5.92 Å². The first-order chi connectivity index (χ1) is 8.15. The molecule has 0 bridgehead atoms. The zero-order valence-corrected chi connectivity index (χ0v) is 9.35. The van der Waals surface area contributed by atoms with Gasteiger partial charge in [-0.3, -0.25) is 9.59 Å². The number of hydrogen-bond donors (Lipinski definition) is 3. The Morgan fingerprint density at radius 2 is 2.12 bits per heavy atom. The number of carboxylic acid groups (broad SMARTS) is 1. The molecule has 1 saturated carbocycles. The maximum atomic E-state index is 11.1. The Hall–Kier alpha value is -1.85. The highest BCUT2D eigenvalue weighted by molar-refractivity contribution is 5.70. The summed E-state index contributed by atoms with van der Waals surface area (Å²) in [5.74, 6) is -0.384. The molecule has 0 unspecified atom stereocenters. The molecule has 17 heavy (non-hydrogen) atoms. The zero-order chi connectivity index (χ0) is 12.3. The van der Waals surface area contributed by atoms with Gasteiger partial charge in [0, 0.05) is 12.1 Å². The highest BCUT2D eigenvalue weighted by atomic mass is 16.4. The fourth-order valence-electron chi connectivity index (χ4n) is 2.14. The standard InChI is InChI=1S/C11H15N3O3/c15-10-5-9(12-6-13-10)14-8-3-1-7(2-4-8)11(16)17/h5-8H,1-4H2,(H,16,17)(H2,12,13,14,15). The lowest BCUT2D eigenvalue weighted by Gasteiger charge is -2.27. The third kappa shape index (κ3) is 3.05. The lowest BCUT2D eigenvalue weighted by molar-refractivity contribution is -0.142. The van der Waals surface area contributed by atoms with E-state index in [0.29, 0.717) is 18.7 Å². The molecular formula is C11H15N3O3. The molecule has 0 radical (unpaired) electrons. The molecule has 6 nitrogen and oxygen atoms in total. The summed E-state index contributed by atoms with van der Waals surface area (Å²) in [5, 5.41) is 12.0. The van der Waals surface area contributed by atoms with Crippen molar-refractivity contribution in [3.63, 3.8) is 0 Å². The number of carboxylic acids is 1. The molecule has 3 N–H and O–H groups in total. The van der Waals surface area contributed by atoms with Gasteiger partial charge in [-0.25, -0.2) is 4.98 Å². The normalized spacial score (nSPS) is 24.2. The first-order valence-electron chi connectivity index (χ1n) is 5.69. The van der Waals surface area contributed by atoms with Gasteiger partial charge < -0.3 is 15.4 Å². The highest BCUT2D eigenvalue weighted by Gasteiger charge is 2.25. The van der Waals surface area contributed by atoms with Gasteiger partial charge >= 0.3 is 5.97 Å². The van der Waals surface area contributed by atoms with Crippen LogP contribution >= 0.6 is 0 Å². The molecule has 1 aliphatic rings. The third-order valence-corrected chi connectivity index (χ3v) is 3.11. The molecule has 2 rings (SSSR count). The fraction of sp³-hybridized carbons (Fsp3) is 0.545. The van der Waals surface area contributed by atoms with Gasteiger partial charge in [0.15, 0.2) is 0 Å². The minimum atomic E-state index is -0.710. The van der Waals surface area contributed by atoms with Crippen molar-refractivity contribution < 1.29 is 9.90 Å². The number of hydrogen-bond acceptors (Lipinski definition) is 4. The van der Waals surface area contributed by atoms with Crippen molar-refractivity contribution >= 4 is 11.8 Å². The van der Waals surface area contributed by atoms with Crippen LogP contribution in [-0.4, -0.2) is 27.1 Å². The van der Waals surface area contributed by atoms with E-state index in [1.807, 2.05) is 0 Å². The van der Waals surface area contributed by atoms with E-state index in [1.54, 1.807) is 0 Å². The minimum Gasteiger partial charge on any atom is -0.481 e. The van der Waals surface area contributed by atoms with Crippen LogP contribution in [0.3, 0.4) is 0 Å². The largest absolute Gasteiger partial charge is 0.481 e. The van der Waals surface area contributed by atoms with E-state index in [0.717, 1.165) is 12.8 Å². The maximum absolute atomic E-state index is 11.1. The van der Waals surface area contributed by atoms with Crippen LogP contribution in [0.15, 0.2) is 17.2 Å². The molecule has 0 atom stereocenters. The Kier molecular flexibility index (Phi) is 3.41. The smallest absolute Gasteiger partial charge is 0.306 e. The number of carbonyl (C=O) groups is 1. The Labute approximate surface area is 98.1 Å². The highest BCUT2D eigenvalue weighted by Crippen LogP contribution is 2.25. The second kappa shape index (κ2) is 4.99. The summed E-state index contributed by atoms with van der Waals surface area (Å²) < 4.78 is 0. The average Bonchev–Trinajstić information content (AvgIpc) is 2.29. The predicted octanol–water partition coefficient (Wildman–Crippen LogP) is 0.825. The summed E-state index contributed by atoms with van der Waals surface area (Å²) in [6, 6.07) is 1.61. The Bertz CT molecular complexity index is 449. The second-order valence-corrected chi connectivity index (χ2v) is 4.33. The molecule has 1 heterocycles. The van der Waals surface area contributed by atoms with Crippen LogP contribution < -0.4 is 10.9 Å². The first kappa shape index (κ1) is 11.6. The molecular weight excluding hydrogens is 222 g/mol. The third-order valence-electron chi connectivity index (χ3n) is 3.11. The molecule has 1 aliphatic carbocycles. The van der Waals surface area contributed by atoms with Crippen LogP contribution in [0.2, 0.25) is 0 Å². The number of H-pyrrole nitrogens is 1. The van der Waals surface area contributed by atoms with Crippen LogP contribution in [0.5, 0.6) is 0 Å². The number of rotatable bonds is 3. The molecule has 0 amide bonds. The van der Waals surface area contributed by atoms with Crippen LogP contribution in [0.4, 0.5) is 5.82 Å². The predicted molar refractivity (Wildman–Crippen MR) is 61.9 cm³/mol. The van der Waals surface area contributed by atoms with Crippen molar-refractivity contribution in [1.29, 1.82) is 0 Å². The number of anilines is 1. The van der Waals surface area contributed by atoms with Gasteiger partial charge in [0.05, 0.1) is 12.2 Å². The van der Waals surface area contributed by atoms with Crippen molar-refractivity contribution in [3.05, 3.63) is 22.7 Å². The van der Waals surface area contributed by atoms with Crippen molar-refractivity contribution in [3.8, 4) is 0 Å². The van der Waals surface area contributed by atoms with Gasteiger partial charge in [-0.05, 0) is 25.7 Å². The van der Waals surface area contributed by atoms with Gasteiger partial charge in [0.1, 0.15) is 5.82 Å². The fourth-order valence-corrected chi connectivity index (χ4v) is 2.14.